The van der Waals surface area contributed by atoms with Gasteiger partial charge in [0.1, 0.15) is 17.7 Å². The van der Waals surface area contributed by atoms with Gasteiger partial charge in [0, 0.05) is 21.2 Å². The summed E-state index contributed by atoms with van der Waals surface area (Å²) in [5, 5.41) is 10.5. The van der Waals surface area contributed by atoms with Crippen molar-refractivity contribution >= 4 is 40.7 Å². The average Bonchev–Trinajstić information content (AvgIpc) is 3.58. The van der Waals surface area contributed by atoms with E-state index < -0.39 is 5.66 Å². The fraction of sp³-hybridized carbons (Fsp3) is 0.514. The van der Waals surface area contributed by atoms with Crippen LogP contribution in [-0.2, 0) is 11.3 Å². The largest absolute Gasteiger partial charge is 0.345 e. The SMILES string of the molecule is CC(C)(C)CCC(c1ccc(C(=O)NCc2nc[nH]n2)cc1)N1C(=O)C(c2cc(Cl)cc(Cl)c2)=NC12CCC(C(C)(C)C)CC2. The molecule has 2 aliphatic rings. The van der Waals surface area contributed by atoms with Gasteiger partial charge in [0.2, 0.25) is 0 Å². The second kappa shape index (κ2) is 12.9. The summed E-state index contributed by atoms with van der Waals surface area (Å²) in [6.45, 7) is 13.8. The number of nitrogens with one attached hydrogen (secondary N) is 2. The number of amides is 2. The molecular formula is C35H44Cl2N6O2. The van der Waals surface area contributed by atoms with Gasteiger partial charge in [-0.1, -0.05) is 76.9 Å². The number of aromatic nitrogens is 3. The monoisotopic (exact) mass is 650 g/mol. The lowest BCUT2D eigenvalue weighted by Crippen LogP contribution is -2.51. The minimum atomic E-state index is -0.669. The number of nitrogens with zero attached hydrogens (tertiary/aromatic N) is 4. The topological polar surface area (TPSA) is 103 Å². The zero-order valence-corrected chi connectivity index (χ0v) is 28.6. The molecule has 2 aromatic carbocycles. The van der Waals surface area contributed by atoms with Crippen LogP contribution in [0, 0.1) is 16.7 Å². The highest BCUT2D eigenvalue weighted by atomic mass is 35.5. The van der Waals surface area contributed by atoms with E-state index in [1.54, 1.807) is 18.2 Å². The van der Waals surface area contributed by atoms with Gasteiger partial charge in [-0.3, -0.25) is 19.7 Å². The molecule has 2 N–H and O–H groups in total. The third-order valence-corrected chi connectivity index (χ3v) is 9.68. The van der Waals surface area contributed by atoms with Crippen LogP contribution in [0.3, 0.4) is 0 Å². The van der Waals surface area contributed by atoms with Crippen molar-refractivity contribution in [1.29, 1.82) is 0 Å². The molecule has 45 heavy (non-hydrogen) atoms. The summed E-state index contributed by atoms with van der Waals surface area (Å²) in [6, 6.07) is 12.6. The molecule has 2 heterocycles. The van der Waals surface area contributed by atoms with Crippen LogP contribution in [0.2, 0.25) is 10.0 Å². The molecule has 1 saturated carbocycles. The van der Waals surface area contributed by atoms with Crippen molar-refractivity contribution in [2.45, 2.75) is 98.3 Å². The van der Waals surface area contributed by atoms with Crippen LogP contribution in [0.15, 0.2) is 53.8 Å². The number of H-pyrrole nitrogens is 1. The fourth-order valence-electron chi connectivity index (χ4n) is 6.68. The molecule has 8 nitrogen and oxygen atoms in total. The predicted molar refractivity (Wildman–Crippen MR) is 179 cm³/mol. The summed E-state index contributed by atoms with van der Waals surface area (Å²) < 4.78 is 0. The smallest absolute Gasteiger partial charge is 0.275 e. The van der Waals surface area contributed by atoms with Gasteiger partial charge in [0.25, 0.3) is 11.8 Å². The third kappa shape index (κ3) is 7.60. The number of aliphatic imine (C=N–C) groups is 1. The summed E-state index contributed by atoms with van der Waals surface area (Å²) in [7, 11) is 0. The zero-order valence-electron chi connectivity index (χ0n) is 27.1. The van der Waals surface area contributed by atoms with Crippen LogP contribution in [0.5, 0.6) is 0 Å². The van der Waals surface area contributed by atoms with E-state index in [0.29, 0.717) is 38.6 Å². The number of carbonyl (C=O) groups is 2. The Balaban J connectivity index is 1.51. The molecule has 1 fully saturated rings. The summed E-state index contributed by atoms with van der Waals surface area (Å²) in [5.41, 5.74) is 2.14. The highest BCUT2D eigenvalue weighted by Gasteiger charge is 2.52. The maximum atomic E-state index is 14.6. The molecule has 1 aliphatic carbocycles. The predicted octanol–water partition coefficient (Wildman–Crippen LogP) is 8.17. The molecule has 2 amide bonds. The van der Waals surface area contributed by atoms with E-state index >= 15 is 0 Å². The van der Waals surface area contributed by atoms with E-state index in [4.69, 9.17) is 28.2 Å². The average molecular weight is 652 g/mol. The molecule has 0 saturated heterocycles. The van der Waals surface area contributed by atoms with Crippen LogP contribution >= 0.6 is 23.2 Å². The van der Waals surface area contributed by atoms with Crippen molar-refractivity contribution < 1.29 is 9.59 Å². The van der Waals surface area contributed by atoms with E-state index in [0.717, 1.165) is 44.1 Å². The number of rotatable bonds is 8. The van der Waals surface area contributed by atoms with Gasteiger partial charge >= 0.3 is 0 Å². The molecule has 240 valence electrons. The molecule has 0 radical (unpaired) electrons. The highest BCUT2D eigenvalue weighted by molar-refractivity contribution is 6.47. The molecular weight excluding hydrogens is 607 g/mol. The number of carbonyl (C=O) groups excluding carboxylic acids is 2. The van der Waals surface area contributed by atoms with Crippen molar-refractivity contribution in [3.05, 3.63) is 81.4 Å². The van der Waals surface area contributed by atoms with Crippen LogP contribution < -0.4 is 5.32 Å². The van der Waals surface area contributed by atoms with Crippen LogP contribution in [-0.4, -0.2) is 43.3 Å². The second-order valence-electron chi connectivity index (χ2n) is 14.8. The lowest BCUT2D eigenvalue weighted by atomic mass is 9.69. The molecule has 1 unspecified atom stereocenters. The number of hydrogen-bond donors (Lipinski definition) is 2. The molecule has 5 rings (SSSR count). The number of aromatic amines is 1. The van der Waals surface area contributed by atoms with Crippen LogP contribution in [0.25, 0.3) is 0 Å². The first kappa shape index (κ1) is 33.1. The van der Waals surface area contributed by atoms with Gasteiger partial charge in [-0.05, 0) is 91.2 Å². The lowest BCUT2D eigenvalue weighted by molar-refractivity contribution is -0.134. The van der Waals surface area contributed by atoms with Crippen molar-refractivity contribution in [3.8, 4) is 0 Å². The molecule has 0 bridgehead atoms. The first-order chi connectivity index (χ1) is 21.1. The summed E-state index contributed by atoms with van der Waals surface area (Å²) in [6.07, 6.45) is 6.67. The Kier molecular flexibility index (Phi) is 9.48. The first-order valence-corrected chi connectivity index (χ1v) is 16.5. The van der Waals surface area contributed by atoms with E-state index in [1.807, 2.05) is 24.3 Å². The highest BCUT2D eigenvalue weighted by Crippen LogP contribution is 2.50. The maximum absolute atomic E-state index is 14.6. The van der Waals surface area contributed by atoms with E-state index in [-0.39, 0.29) is 35.2 Å². The lowest BCUT2D eigenvalue weighted by Gasteiger charge is -2.47. The van der Waals surface area contributed by atoms with Crippen LogP contribution in [0.4, 0.5) is 0 Å². The van der Waals surface area contributed by atoms with Crippen molar-refractivity contribution in [1.82, 2.24) is 25.4 Å². The van der Waals surface area contributed by atoms with Gasteiger partial charge in [0.05, 0.1) is 12.6 Å². The van der Waals surface area contributed by atoms with Crippen molar-refractivity contribution in [3.63, 3.8) is 0 Å². The minimum absolute atomic E-state index is 0.0579. The Hall–Kier alpha value is -3.23. The number of benzene rings is 2. The van der Waals surface area contributed by atoms with Crippen LogP contribution in [0.1, 0.15) is 113 Å². The van der Waals surface area contributed by atoms with Gasteiger partial charge in [0.15, 0.2) is 5.82 Å². The summed E-state index contributed by atoms with van der Waals surface area (Å²) >= 11 is 12.8. The second-order valence-corrected chi connectivity index (χ2v) is 15.6. The van der Waals surface area contributed by atoms with Crippen molar-refractivity contribution in [2.24, 2.45) is 21.7 Å². The first-order valence-electron chi connectivity index (χ1n) is 15.8. The quantitative estimate of drug-likeness (QED) is 0.256. The molecule has 1 spiro atoms. The summed E-state index contributed by atoms with van der Waals surface area (Å²) in [5.74, 6) is 0.741. The standard InChI is InChI=1S/C35H44Cl2N6O2/c1-33(2,3)14-13-28(22-7-9-23(10-8-22)31(44)38-20-29-39-21-40-42-29)43-32(45)30(24-17-26(36)19-27(37)18-24)41-35(43)15-11-25(12-16-35)34(4,5)6/h7-10,17-19,21,25,28H,11-16,20H2,1-6H3,(H,38,44)(H,39,40,42). The Bertz CT molecular complexity index is 1530. The molecule has 10 heteroatoms. The Morgan fingerprint density at radius 2 is 1.69 bits per heavy atom. The minimum Gasteiger partial charge on any atom is -0.345 e. The summed E-state index contributed by atoms with van der Waals surface area (Å²) in [4.78, 5) is 38.9. The molecule has 1 aromatic heterocycles. The fourth-order valence-corrected chi connectivity index (χ4v) is 7.20. The van der Waals surface area contributed by atoms with Gasteiger partial charge in [-0.15, -0.1) is 0 Å². The maximum Gasteiger partial charge on any atom is 0.275 e. The Morgan fingerprint density at radius 1 is 1.04 bits per heavy atom. The van der Waals surface area contributed by atoms with Gasteiger partial charge in [-0.25, -0.2) is 4.98 Å². The van der Waals surface area contributed by atoms with E-state index in [9.17, 15) is 9.59 Å². The number of halogens is 2. The molecule has 1 aliphatic heterocycles. The van der Waals surface area contributed by atoms with Gasteiger partial charge < -0.3 is 10.2 Å². The molecule has 1 atom stereocenters. The number of hydrogen-bond acceptors (Lipinski definition) is 5. The zero-order chi connectivity index (χ0) is 32.6. The Morgan fingerprint density at radius 3 is 2.24 bits per heavy atom. The molecule has 3 aromatic rings. The normalized spacial score (nSPS) is 21.2. The Labute approximate surface area is 276 Å². The van der Waals surface area contributed by atoms with E-state index in [1.165, 1.54) is 6.33 Å². The van der Waals surface area contributed by atoms with Gasteiger partial charge in [-0.2, -0.15) is 5.10 Å². The van der Waals surface area contributed by atoms with E-state index in [2.05, 4.69) is 66.9 Å². The van der Waals surface area contributed by atoms with Crippen molar-refractivity contribution in [2.75, 3.05) is 0 Å². The third-order valence-electron chi connectivity index (χ3n) is 9.25.